The second-order valence-electron chi connectivity index (χ2n) is 8.75. The first kappa shape index (κ1) is 23.0. The molecule has 7 heteroatoms. The minimum absolute atomic E-state index is 0.0646. The molecule has 1 unspecified atom stereocenters. The van der Waals surface area contributed by atoms with Crippen LogP contribution in [0.1, 0.15) is 45.2 Å². The number of benzene rings is 1. The van der Waals surface area contributed by atoms with E-state index < -0.39 is 5.60 Å². The SMILES string of the molecule is CCNC(=NCc1ccccc1CN(C)C)N1CCC(NC(=O)OC(C)(C)C)C1. The molecule has 0 aliphatic carbocycles. The van der Waals surface area contributed by atoms with Crippen LogP contribution < -0.4 is 10.6 Å². The fourth-order valence-corrected chi connectivity index (χ4v) is 3.34. The van der Waals surface area contributed by atoms with Gasteiger partial charge in [0.15, 0.2) is 5.96 Å². The minimum atomic E-state index is -0.487. The molecule has 1 fully saturated rings. The average molecular weight is 404 g/mol. The molecule has 1 amide bonds. The van der Waals surface area contributed by atoms with Gasteiger partial charge in [-0.15, -0.1) is 0 Å². The van der Waals surface area contributed by atoms with Crippen molar-refractivity contribution in [3.8, 4) is 0 Å². The molecule has 2 rings (SSSR count). The van der Waals surface area contributed by atoms with Crippen molar-refractivity contribution in [3.63, 3.8) is 0 Å². The summed E-state index contributed by atoms with van der Waals surface area (Å²) in [5, 5.41) is 6.36. The Kier molecular flexibility index (Phi) is 8.32. The van der Waals surface area contributed by atoms with E-state index in [0.717, 1.165) is 38.6 Å². The monoisotopic (exact) mass is 403 g/mol. The lowest BCUT2D eigenvalue weighted by Gasteiger charge is -2.23. The number of hydrogen-bond acceptors (Lipinski definition) is 4. The predicted octanol–water partition coefficient (Wildman–Crippen LogP) is 2.81. The average Bonchev–Trinajstić information content (AvgIpc) is 3.05. The van der Waals surface area contributed by atoms with Crippen LogP contribution in [0, 0.1) is 0 Å². The van der Waals surface area contributed by atoms with E-state index in [2.05, 4.69) is 65.7 Å². The highest BCUT2D eigenvalue weighted by Gasteiger charge is 2.27. The summed E-state index contributed by atoms with van der Waals surface area (Å²) < 4.78 is 5.37. The number of amides is 1. The van der Waals surface area contributed by atoms with Crippen LogP contribution in [-0.4, -0.2) is 67.2 Å². The Morgan fingerprint density at radius 2 is 1.97 bits per heavy atom. The molecule has 0 saturated carbocycles. The zero-order chi connectivity index (χ0) is 21.4. The van der Waals surface area contributed by atoms with Gasteiger partial charge in [0.2, 0.25) is 0 Å². The Hall–Kier alpha value is -2.28. The number of carbonyl (C=O) groups excluding carboxylic acids is 1. The molecule has 0 bridgehead atoms. The maximum Gasteiger partial charge on any atom is 0.407 e. The Morgan fingerprint density at radius 1 is 1.28 bits per heavy atom. The zero-order valence-electron chi connectivity index (χ0n) is 18.8. The molecule has 0 aromatic heterocycles. The largest absolute Gasteiger partial charge is 0.444 e. The van der Waals surface area contributed by atoms with Crippen molar-refractivity contribution in [1.82, 2.24) is 20.4 Å². The molecule has 1 heterocycles. The lowest BCUT2D eigenvalue weighted by atomic mass is 10.1. The highest BCUT2D eigenvalue weighted by molar-refractivity contribution is 5.80. The van der Waals surface area contributed by atoms with Gasteiger partial charge in [-0.2, -0.15) is 0 Å². The normalized spacial score (nSPS) is 17.6. The van der Waals surface area contributed by atoms with Gasteiger partial charge in [0.05, 0.1) is 12.6 Å². The van der Waals surface area contributed by atoms with Crippen molar-refractivity contribution >= 4 is 12.1 Å². The molecule has 0 spiro atoms. The smallest absolute Gasteiger partial charge is 0.407 e. The van der Waals surface area contributed by atoms with Crippen LogP contribution in [0.5, 0.6) is 0 Å². The molecule has 1 aromatic carbocycles. The maximum atomic E-state index is 12.1. The van der Waals surface area contributed by atoms with Gasteiger partial charge >= 0.3 is 6.09 Å². The fraction of sp³-hybridized carbons (Fsp3) is 0.636. The highest BCUT2D eigenvalue weighted by atomic mass is 16.6. The van der Waals surface area contributed by atoms with Crippen LogP contribution in [0.25, 0.3) is 0 Å². The third-order valence-corrected chi connectivity index (χ3v) is 4.55. The predicted molar refractivity (Wildman–Crippen MR) is 118 cm³/mol. The number of guanidine groups is 1. The summed E-state index contributed by atoms with van der Waals surface area (Å²) in [6, 6.07) is 8.50. The summed E-state index contributed by atoms with van der Waals surface area (Å²) in [5.41, 5.74) is 2.04. The minimum Gasteiger partial charge on any atom is -0.444 e. The van der Waals surface area contributed by atoms with Crippen molar-refractivity contribution < 1.29 is 9.53 Å². The summed E-state index contributed by atoms with van der Waals surface area (Å²) in [7, 11) is 4.15. The first-order valence-electron chi connectivity index (χ1n) is 10.4. The lowest BCUT2D eigenvalue weighted by Crippen LogP contribution is -2.44. The third-order valence-electron chi connectivity index (χ3n) is 4.55. The molecular formula is C22H37N5O2. The van der Waals surface area contributed by atoms with Crippen LogP contribution in [0.15, 0.2) is 29.3 Å². The third kappa shape index (κ3) is 7.93. The van der Waals surface area contributed by atoms with Gasteiger partial charge in [-0.3, -0.25) is 0 Å². The van der Waals surface area contributed by atoms with Gasteiger partial charge in [-0.25, -0.2) is 9.79 Å². The van der Waals surface area contributed by atoms with E-state index in [0.29, 0.717) is 6.54 Å². The van der Waals surface area contributed by atoms with E-state index in [1.807, 2.05) is 20.8 Å². The van der Waals surface area contributed by atoms with Gasteiger partial charge in [0, 0.05) is 26.2 Å². The molecule has 1 atom stereocenters. The number of likely N-dealkylation sites (tertiary alicyclic amines) is 1. The molecule has 29 heavy (non-hydrogen) atoms. The number of nitrogens with zero attached hydrogens (tertiary/aromatic N) is 3. The van der Waals surface area contributed by atoms with E-state index in [9.17, 15) is 4.79 Å². The molecule has 1 aromatic rings. The van der Waals surface area contributed by atoms with Crippen LogP contribution >= 0.6 is 0 Å². The quantitative estimate of drug-likeness (QED) is 0.565. The number of rotatable bonds is 6. The number of nitrogens with one attached hydrogen (secondary N) is 2. The van der Waals surface area contributed by atoms with Crippen LogP contribution in [0.2, 0.25) is 0 Å². The summed E-state index contributed by atoms with van der Waals surface area (Å²) in [6.45, 7) is 11.6. The summed E-state index contributed by atoms with van der Waals surface area (Å²) in [6.07, 6.45) is 0.518. The van der Waals surface area contributed by atoms with E-state index >= 15 is 0 Å². The van der Waals surface area contributed by atoms with Gasteiger partial charge < -0.3 is 25.2 Å². The van der Waals surface area contributed by atoms with Crippen molar-refractivity contribution in [2.45, 2.75) is 58.8 Å². The molecule has 0 radical (unpaired) electrons. The number of aliphatic imine (C=N–C) groups is 1. The summed E-state index contributed by atoms with van der Waals surface area (Å²) in [5.74, 6) is 0.889. The molecule has 162 valence electrons. The van der Waals surface area contributed by atoms with Crippen molar-refractivity contribution in [3.05, 3.63) is 35.4 Å². The first-order chi connectivity index (χ1) is 13.7. The van der Waals surface area contributed by atoms with E-state index in [-0.39, 0.29) is 12.1 Å². The Morgan fingerprint density at radius 3 is 2.59 bits per heavy atom. The molecule has 1 aliphatic heterocycles. The van der Waals surface area contributed by atoms with Crippen LogP contribution in [0.4, 0.5) is 4.79 Å². The summed E-state index contributed by atoms with van der Waals surface area (Å²) >= 11 is 0. The van der Waals surface area contributed by atoms with E-state index in [1.54, 1.807) is 0 Å². The van der Waals surface area contributed by atoms with Gasteiger partial charge in [-0.1, -0.05) is 24.3 Å². The number of hydrogen-bond donors (Lipinski definition) is 2. The van der Waals surface area contributed by atoms with Gasteiger partial charge in [0.1, 0.15) is 5.60 Å². The van der Waals surface area contributed by atoms with Crippen molar-refractivity contribution in [1.29, 1.82) is 0 Å². The zero-order valence-corrected chi connectivity index (χ0v) is 18.8. The second-order valence-corrected chi connectivity index (χ2v) is 8.75. The number of ether oxygens (including phenoxy) is 1. The fourth-order valence-electron chi connectivity index (χ4n) is 3.34. The highest BCUT2D eigenvalue weighted by Crippen LogP contribution is 2.15. The topological polar surface area (TPSA) is 69.2 Å². The lowest BCUT2D eigenvalue weighted by molar-refractivity contribution is 0.0507. The molecule has 2 N–H and O–H groups in total. The van der Waals surface area contributed by atoms with E-state index in [4.69, 9.17) is 9.73 Å². The first-order valence-corrected chi connectivity index (χ1v) is 10.4. The van der Waals surface area contributed by atoms with Crippen molar-refractivity contribution in [2.75, 3.05) is 33.7 Å². The Balaban J connectivity index is 2.00. The number of carbonyl (C=O) groups is 1. The maximum absolute atomic E-state index is 12.1. The number of alkyl carbamates (subject to hydrolysis) is 1. The molecule has 7 nitrogen and oxygen atoms in total. The molecule has 1 saturated heterocycles. The Bertz CT molecular complexity index is 697. The Labute approximate surface area is 175 Å². The second kappa shape index (κ2) is 10.5. The standard InChI is InChI=1S/C22H37N5O2/c1-7-23-20(24-14-17-10-8-9-11-18(17)15-26(5)6)27-13-12-19(16-27)25-21(28)29-22(2,3)4/h8-11,19H,7,12-16H2,1-6H3,(H,23,24)(H,25,28). The van der Waals surface area contributed by atoms with Gasteiger partial charge in [-0.05, 0) is 59.3 Å². The van der Waals surface area contributed by atoms with Gasteiger partial charge in [0.25, 0.3) is 0 Å². The van der Waals surface area contributed by atoms with Crippen molar-refractivity contribution in [2.24, 2.45) is 4.99 Å². The van der Waals surface area contributed by atoms with Crippen LogP contribution in [-0.2, 0) is 17.8 Å². The van der Waals surface area contributed by atoms with E-state index in [1.165, 1.54) is 11.1 Å². The molecule has 1 aliphatic rings. The van der Waals surface area contributed by atoms with Crippen LogP contribution in [0.3, 0.4) is 0 Å². The summed E-state index contributed by atoms with van der Waals surface area (Å²) in [4.78, 5) is 21.3. The molecular weight excluding hydrogens is 366 g/mol.